The van der Waals surface area contributed by atoms with Gasteiger partial charge < -0.3 is 19.7 Å². The summed E-state index contributed by atoms with van der Waals surface area (Å²) in [6.45, 7) is 2.05. The minimum atomic E-state index is -3.54. The van der Waals surface area contributed by atoms with Crippen molar-refractivity contribution in [3.8, 4) is 11.3 Å². The Labute approximate surface area is 230 Å². The van der Waals surface area contributed by atoms with Crippen LogP contribution in [0.2, 0.25) is 0 Å². The second-order valence-electron chi connectivity index (χ2n) is 9.66. The number of carbonyl (C=O) groups is 2. The second kappa shape index (κ2) is 10.6. The number of rotatable bonds is 5. The highest BCUT2D eigenvalue weighted by molar-refractivity contribution is 7.91. The predicted molar refractivity (Wildman–Crippen MR) is 147 cm³/mol. The van der Waals surface area contributed by atoms with E-state index in [1.54, 1.807) is 12.1 Å². The highest BCUT2D eigenvalue weighted by atomic mass is 32.2. The number of benzene rings is 2. The third kappa shape index (κ3) is 5.27. The van der Waals surface area contributed by atoms with E-state index in [1.165, 1.54) is 27.9 Å². The number of aromatic nitrogens is 1. The van der Waals surface area contributed by atoms with Crippen LogP contribution in [0.15, 0.2) is 58.8 Å². The molecule has 0 bridgehead atoms. The average molecular weight is 566 g/mol. The summed E-state index contributed by atoms with van der Waals surface area (Å²) in [7, 11) is -3.54. The van der Waals surface area contributed by atoms with Crippen LogP contribution >= 0.6 is 11.3 Å². The molecule has 2 amide bonds. The fraction of sp³-hybridized carbons (Fsp3) is 0.321. The monoisotopic (exact) mass is 565 g/mol. The summed E-state index contributed by atoms with van der Waals surface area (Å²) in [6.07, 6.45) is 3.49. The first-order valence-electron chi connectivity index (χ1n) is 12.8. The van der Waals surface area contributed by atoms with E-state index in [9.17, 15) is 18.0 Å². The number of carbonyl (C=O) groups excluding carboxylic acids is 2. The fourth-order valence-electron chi connectivity index (χ4n) is 4.95. The number of amides is 2. The van der Waals surface area contributed by atoms with E-state index in [0.717, 1.165) is 23.2 Å². The van der Waals surface area contributed by atoms with Gasteiger partial charge >= 0.3 is 0 Å². The lowest BCUT2D eigenvalue weighted by Gasteiger charge is -2.39. The van der Waals surface area contributed by atoms with Crippen molar-refractivity contribution in [3.63, 3.8) is 0 Å². The summed E-state index contributed by atoms with van der Waals surface area (Å²) in [5.41, 5.74) is 4.89. The number of hydrogen-bond acceptors (Lipinski definition) is 8. The SMILES string of the molecule is O=C(Nc1nc(-c2cccc(C3=CCOCC3)c2)cs1)[C@@H]1CCN1C(=O)c1ccc2c(c1)S(=O)(=O)CCOC2. The molecule has 4 heterocycles. The summed E-state index contributed by atoms with van der Waals surface area (Å²) in [6, 6.07) is 12.1. The van der Waals surface area contributed by atoms with E-state index in [1.807, 2.05) is 17.5 Å². The van der Waals surface area contributed by atoms with Crippen LogP contribution in [0.5, 0.6) is 0 Å². The molecule has 1 fully saturated rings. The third-order valence-electron chi connectivity index (χ3n) is 7.21. The van der Waals surface area contributed by atoms with Crippen molar-refractivity contribution >= 4 is 43.7 Å². The van der Waals surface area contributed by atoms with Gasteiger partial charge in [0.1, 0.15) is 6.04 Å². The number of thiazole rings is 1. The quantitative estimate of drug-likeness (QED) is 0.501. The van der Waals surface area contributed by atoms with Crippen LogP contribution in [-0.2, 0) is 30.7 Å². The van der Waals surface area contributed by atoms with Gasteiger partial charge in [0, 0.05) is 23.1 Å². The maximum absolute atomic E-state index is 13.2. The van der Waals surface area contributed by atoms with Gasteiger partial charge in [0.2, 0.25) is 5.91 Å². The Bertz CT molecular complexity index is 1580. The zero-order valence-electron chi connectivity index (χ0n) is 21.1. The van der Waals surface area contributed by atoms with Gasteiger partial charge in [-0.15, -0.1) is 11.3 Å². The molecule has 0 spiro atoms. The number of nitrogens with one attached hydrogen (secondary N) is 1. The molecule has 1 aromatic heterocycles. The maximum Gasteiger partial charge on any atom is 0.254 e. The highest BCUT2D eigenvalue weighted by Crippen LogP contribution is 2.31. The molecular formula is C28H27N3O6S2. The zero-order chi connectivity index (χ0) is 27.0. The Morgan fingerprint density at radius 3 is 2.74 bits per heavy atom. The minimum Gasteiger partial charge on any atom is -0.377 e. The van der Waals surface area contributed by atoms with E-state index in [-0.39, 0.29) is 41.2 Å². The van der Waals surface area contributed by atoms with E-state index >= 15 is 0 Å². The van der Waals surface area contributed by atoms with Crippen molar-refractivity contribution in [2.45, 2.75) is 30.4 Å². The topological polar surface area (TPSA) is 115 Å². The highest BCUT2D eigenvalue weighted by Gasteiger charge is 2.38. The molecule has 2 aromatic carbocycles. The standard InChI is InChI=1S/C28H27N3O6S2/c32-26(30-28-29-23(17-38-28)20-3-1-2-19(14-20)18-7-10-36-11-8-18)24-6-9-31(24)27(33)21-4-5-22-16-37-12-13-39(34,35)25(22)15-21/h1-5,7,14-15,17,24H,6,8-13,16H2,(H,29,30,32)/t24-/m0/s1. The summed E-state index contributed by atoms with van der Waals surface area (Å²) in [5.74, 6) is -0.810. The number of ether oxygens (including phenoxy) is 2. The molecule has 3 aliphatic heterocycles. The summed E-state index contributed by atoms with van der Waals surface area (Å²) in [5, 5.41) is 5.21. The Morgan fingerprint density at radius 2 is 1.95 bits per heavy atom. The van der Waals surface area contributed by atoms with Gasteiger partial charge in [-0.05, 0) is 47.7 Å². The Morgan fingerprint density at radius 1 is 1.08 bits per heavy atom. The summed E-state index contributed by atoms with van der Waals surface area (Å²) < 4.78 is 36.0. The molecule has 202 valence electrons. The molecule has 0 radical (unpaired) electrons. The molecular weight excluding hydrogens is 538 g/mol. The van der Waals surface area contributed by atoms with Gasteiger partial charge in [-0.1, -0.05) is 30.3 Å². The van der Waals surface area contributed by atoms with Crippen LogP contribution in [0.3, 0.4) is 0 Å². The van der Waals surface area contributed by atoms with Gasteiger partial charge in [0.05, 0.1) is 42.8 Å². The van der Waals surface area contributed by atoms with Crippen LogP contribution in [0.4, 0.5) is 5.13 Å². The molecule has 3 aromatic rings. The smallest absolute Gasteiger partial charge is 0.254 e. The van der Waals surface area contributed by atoms with Crippen LogP contribution in [0.1, 0.15) is 34.3 Å². The number of nitrogens with zero attached hydrogens (tertiary/aromatic N) is 2. The van der Waals surface area contributed by atoms with Gasteiger partial charge in [0.15, 0.2) is 15.0 Å². The van der Waals surface area contributed by atoms with Crippen molar-refractivity contribution in [2.75, 3.05) is 37.4 Å². The molecule has 0 unspecified atom stereocenters. The van der Waals surface area contributed by atoms with Gasteiger partial charge in [-0.25, -0.2) is 13.4 Å². The Balaban J connectivity index is 1.14. The fourth-order valence-corrected chi connectivity index (χ4v) is 7.06. The lowest BCUT2D eigenvalue weighted by molar-refractivity contribution is -0.123. The molecule has 6 rings (SSSR count). The average Bonchev–Trinajstić information content (AvgIpc) is 3.33. The molecule has 1 atom stereocenters. The molecule has 39 heavy (non-hydrogen) atoms. The lowest BCUT2D eigenvalue weighted by Crippen LogP contribution is -2.56. The van der Waals surface area contributed by atoms with Crippen LogP contribution in [0, 0.1) is 0 Å². The van der Waals surface area contributed by atoms with Crippen molar-refractivity contribution in [1.29, 1.82) is 0 Å². The summed E-state index contributed by atoms with van der Waals surface area (Å²) >= 11 is 1.33. The van der Waals surface area contributed by atoms with Crippen LogP contribution < -0.4 is 5.32 Å². The predicted octanol–water partition coefficient (Wildman–Crippen LogP) is 3.77. The van der Waals surface area contributed by atoms with E-state index in [0.29, 0.717) is 36.9 Å². The van der Waals surface area contributed by atoms with Gasteiger partial charge in [-0.2, -0.15) is 0 Å². The van der Waals surface area contributed by atoms with Crippen molar-refractivity contribution < 1.29 is 27.5 Å². The lowest BCUT2D eigenvalue weighted by atomic mass is 9.99. The number of fused-ring (bicyclic) bond motifs is 1. The van der Waals surface area contributed by atoms with Gasteiger partial charge in [-0.3, -0.25) is 9.59 Å². The molecule has 3 aliphatic rings. The number of anilines is 1. The van der Waals surface area contributed by atoms with Crippen LogP contribution in [0.25, 0.3) is 16.8 Å². The summed E-state index contributed by atoms with van der Waals surface area (Å²) in [4.78, 5) is 32.5. The molecule has 1 saturated heterocycles. The molecule has 0 aliphatic carbocycles. The number of sulfone groups is 1. The first kappa shape index (κ1) is 25.9. The molecule has 11 heteroatoms. The largest absolute Gasteiger partial charge is 0.377 e. The molecule has 0 saturated carbocycles. The maximum atomic E-state index is 13.2. The second-order valence-corrected chi connectivity index (χ2v) is 12.6. The van der Waals surface area contributed by atoms with Crippen molar-refractivity contribution in [3.05, 3.63) is 70.6 Å². The van der Waals surface area contributed by atoms with Gasteiger partial charge in [0.25, 0.3) is 5.91 Å². The molecule has 1 N–H and O–H groups in total. The Hall–Kier alpha value is -3.38. The van der Waals surface area contributed by atoms with Crippen molar-refractivity contribution in [2.24, 2.45) is 0 Å². The van der Waals surface area contributed by atoms with E-state index in [4.69, 9.17) is 9.47 Å². The third-order valence-corrected chi connectivity index (χ3v) is 9.73. The van der Waals surface area contributed by atoms with Crippen LogP contribution in [-0.4, -0.2) is 68.3 Å². The normalized spacial score (nSPS) is 20.3. The Kier molecular flexibility index (Phi) is 7.06. The molecule has 9 nitrogen and oxygen atoms in total. The minimum absolute atomic E-state index is 0.117. The van der Waals surface area contributed by atoms with Crippen molar-refractivity contribution in [1.82, 2.24) is 9.88 Å². The van der Waals surface area contributed by atoms with E-state index < -0.39 is 15.9 Å². The first-order valence-corrected chi connectivity index (χ1v) is 15.3. The first-order chi connectivity index (χ1) is 18.9. The van der Waals surface area contributed by atoms with E-state index in [2.05, 4.69) is 28.5 Å². The zero-order valence-corrected chi connectivity index (χ0v) is 22.7. The number of likely N-dealkylation sites (tertiary alicyclic amines) is 1. The number of hydrogen-bond donors (Lipinski definition) is 1.